The normalized spacial score (nSPS) is 22.2. The number of fused-ring (bicyclic) bond motifs is 6. The number of ether oxygens (including phenoxy) is 2. The molecule has 8 rings (SSSR count). The smallest absolute Gasteiger partial charge is 0.410 e. The Bertz CT molecular complexity index is 2090. The number of imidazole rings is 2. The van der Waals surface area contributed by atoms with Gasteiger partial charge in [-0.2, -0.15) is 0 Å². The van der Waals surface area contributed by atoms with E-state index in [0.717, 1.165) is 74.2 Å². The molecule has 248 valence electrons. The fourth-order valence-corrected chi connectivity index (χ4v) is 7.63. The monoisotopic (exact) mass is 648 g/mol. The summed E-state index contributed by atoms with van der Waals surface area (Å²) in [5.74, 6) is 2.88. The third-order valence-electron chi connectivity index (χ3n) is 9.80. The SMILES string of the molecule is C[C@H]1C[C@@H](c2ncc(-c3ccc4c(c3)COc3cc5c(ccc6nc([C@@H]7C[C@H](C)CN7C(=O)OC(C)(C)C)[nH]c65)cc3-4)[nH]2)N(C(=O)O)C1. The number of hydrogen-bond acceptors (Lipinski definition) is 6. The molecule has 0 aliphatic carbocycles. The first-order valence-electron chi connectivity index (χ1n) is 16.7. The maximum atomic E-state index is 13.1. The van der Waals surface area contributed by atoms with Gasteiger partial charge in [0, 0.05) is 24.0 Å². The van der Waals surface area contributed by atoms with E-state index in [1.54, 1.807) is 11.1 Å². The highest BCUT2D eigenvalue weighted by Crippen LogP contribution is 2.44. The lowest BCUT2D eigenvalue weighted by Crippen LogP contribution is -2.37. The lowest BCUT2D eigenvalue weighted by Gasteiger charge is -2.27. The molecule has 2 aromatic heterocycles. The van der Waals surface area contributed by atoms with Crippen molar-refractivity contribution in [3.63, 3.8) is 0 Å². The number of H-pyrrole nitrogens is 2. The maximum Gasteiger partial charge on any atom is 0.410 e. The van der Waals surface area contributed by atoms with Gasteiger partial charge in [0.2, 0.25) is 0 Å². The average Bonchev–Trinajstić information content (AvgIpc) is 3.84. The van der Waals surface area contributed by atoms with E-state index in [9.17, 15) is 14.7 Å². The van der Waals surface area contributed by atoms with Crippen LogP contribution in [0, 0.1) is 11.8 Å². The van der Waals surface area contributed by atoms with Crippen molar-refractivity contribution < 1.29 is 24.2 Å². The Hall–Kier alpha value is -5.06. The molecule has 0 saturated carbocycles. The van der Waals surface area contributed by atoms with E-state index in [4.69, 9.17) is 14.5 Å². The highest BCUT2D eigenvalue weighted by Gasteiger charge is 2.39. The largest absolute Gasteiger partial charge is 0.488 e. The first-order valence-corrected chi connectivity index (χ1v) is 16.7. The second kappa shape index (κ2) is 11.0. The molecular formula is C37H40N6O5. The zero-order valence-electron chi connectivity index (χ0n) is 27.8. The van der Waals surface area contributed by atoms with Crippen LogP contribution in [0.25, 0.3) is 44.2 Å². The third-order valence-corrected chi connectivity index (χ3v) is 9.80. The number of likely N-dealkylation sites (tertiary alicyclic amines) is 2. The van der Waals surface area contributed by atoms with Gasteiger partial charge in [0.15, 0.2) is 0 Å². The number of rotatable bonds is 3. The van der Waals surface area contributed by atoms with Crippen LogP contribution in [-0.4, -0.2) is 65.7 Å². The second-order valence-electron chi connectivity index (χ2n) is 14.8. The number of aromatic amines is 2. The molecule has 48 heavy (non-hydrogen) atoms. The molecule has 3 aliphatic rings. The summed E-state index contributed by atoms with van der Waals surface area (Å²) in [6.45, 7) is 11.4. The second-order valence-corrected chi connectivity index (χ2v) is 14.8. The van der Waals surface area contributed by atoms with E-state index in [2.05, 4.69) is 65.2 Å². The summed E-state index contributed by atoms with van der Waals surface area (Å²) >= 11 is 0. The molecule has 5 aromatic rings. The van der Waals surface area contributed by atoms with E-state index in [1.165, 1.54) is 4.90 Å². The Labute approximate surface area is 278 Å². The van der Waals surface area contributed by atoms with Crippen LogP contribution in [0.4, 0.5) is 9.59 Å². The molecule has 0 spiro atoms. The molecule has 11 nitrogen and oxygen atoms in total. The number of carbonyl (C=O) groups is 2. The Morgan fingerprint density at radius 2 is 1.69 bits per heavy atom. The minimum atomic E-state index is -0.915. The third kappa shape index (κ3) is 5.21. The summed E-state index contributed by atoms with van der Waals surface area (Å²) in [5, 5.41) is 11.8. The molecule has 3 N–H and O–H groups in total. The van der Waals surface area contributed by atoms with Gasteiger partial charge in [-0.15, -0.1) is 0 Å². The van der Waals surface area contributed by atoms with E-state index < -0.39 is 11.7 Å². The van der Waals surface area contributed by atoms with E-state index in [1.807, 2.05) is 26.8 Å². The average molecular weight is 649 g/mol. The summed E-state index contributed by atoms with van der Waals surface area (Å²) in [7, 11) is 0. The number of hydrogen-bond donors (Lipinski definition) is 3. The summed E-state index contributed by atoms with van der Waals surface area (Å²) in [6.07, 6.45) is 2.12. The molecule has 11 heteroatoms. The van der Waals surface area contributed by atoms with Crippen molar-refractivity contribution in [1.29, 1.82) is 0 Å². The maximum absolute atomic E-state index is 13.1. The van der Waals surface area contributed by atoms with E-state index >= 15 is 0 Å². The number of amides is 2. The van der Waals surface area contributed by atoms with Crippen molar-refractivity contribution in [1.82, 2.24) is 29.7 Å². The number of nitrogens with one attached hydrogen (secondary N) is 2. The fraction of sp³-hybridized carbons (Fsp3) is 0.405. The fourth-order valence-electron chi connectivity index (χ4n) is 7.63. The predicted octanol–water partition coefficient (Wildman–Crippen LogP) is 8.04. The van der Waals surface area contributed by atoms with Gasteiger partial charge in [-0.05, 0) is 91.8 Å². The molecule has 0 unspecified atom stereocenters. The van der Waals surface area contributed by atoms with Gasteiger partial charge in [0.25, 0.3) is 0 Å². The van der Waals surface area contributed by atoms with E-state index in [-0.39, 0.29) is 24.1 Å². The van der Waals surface area contributed by atoms with Crippen LogP contribution in [-0.2, 0) is 11.3 Å². The number of benzene rings is 3. The van der Waals surface area contributed by atoms with Gasteiger partial charge in [0.1, 0.15) is 29.6 Å². The first kappa shape index (κ1) is 30.3. The predicted molar refractivity (Wildman–Crippen MR) is 182 cm³/mol. The van der Waals surface area contributed by atoms with Gasteiger partial charge >= 0.3 is 12.2 Å². The van der Waals surface area contributed by atoms with Crippen molar-refractivity contribution in [2.24, 2.45) is 11.8 Å². The molecular weight excluding hydrogens is 608 g/mol. The van der Waals surface area contributed by atoms with Gasteiger partial charge in [0.05, 0.1) is 35.0 Å². The van der Waals surface area contributed by atoms with Crippen LogP contribution in [0.2, 0.25) is 0 Å². The van der Waals surface area contributed by atoms with Crippen LogP contribution >= 0.6 is 0 Å². The molecule has 0 bridgehead atoms. The Kier molecular flexibility index (Phi) is 6.94. The topological polar surface area (TPSA) is 137 Å². The lowest BCUT2D eigenvalue weighted by atomic mass is 9.92. The summed E-state index contributed by atoms with van der Waals surface area (Å²) < 4.78 is 12.1. The lowest BCUT2D eigenvalue weighted by molar-refractivity contribution is 0.0214. The molecule has 5 heterocycles. The minimum Gasteiger partial charge on any atom is -0.488 e. The van der Waals surface area contributed by atoms with Crippen molar-refractivity contribution in [2.75, 3.05) is 13.1 Å². The van der Waals surface area contributed by atoms with Crippen LogP contribution in [0.15, 0.2) is 48.7 Å². The zero-order chi connectivity index (χ0) is 33.5. The number of nitrogens with zero attached hydrogens (tertiary/aromatic N) is 4. The zero-order valence-corrected chi connectivity index (χ0v) is 27.8. The molecule has 3 aromatic carbocycles. The molecule has 2 saturated heterocycles. The van der Waals surface area contributed by atoms with Crippen molar-refractivity contribution in [3.8, 4) is 28.1 Å². The molecule has 2 amide bonds. The van der Waals surface area contributed by atoms with Gasteiger partial charge < -0.3 is 24.5 Å². The Morgan fingerprint density at radius 3 is 2.44 bits per heavy atom. The Balaban J connectivity index is 1.09. The number of carboxylic acid groups (broad SMARTS) is 1. The van der Waals surface area contributed by atoms with Gasteiger partial charge in [-0.1, -0.05) is 32.0 Å². The molecule has 3 aliphatic heterocycles. The highest BCUT2D eigenvalue weighted by atomic mass is 16.6. The summed E-state index contributed by atoms with van der Waals surface area (Å²) in [5.41, 5.74) is 6.23. The van der Waals surface area contributed by atoms with Crippen LogP contribution in [0.3, 0.4) is 0 Å². The molecule has 4 atom stereocenters. The van der Waals surface area contributed by atoms with Crippen molar-refractivity contribution in [3.05, 3.63) is 65.9 Å². The molecule has 2 fully saturated rings. The first-order chi connectivity index (χ1) is 22.9. The summed E-state index contributed by atoms with van der Waals surface area (Å²) in [6, 6.07) is 14.2. The van der Waals surface area contributed by atoms with Crippen molar-refractivity contribution >= 4 is 34.0 Å². The van der Waals surface area contributed by atoms with Crippen LogP contribution in [0.1, 0.15) is 76.8 Å². The molecule has 0 radical (unpaired) electrons. The summed E-state index contributed by atoms with van der Waals surface area (Å²) in [4.78, 5) is 44.7. The minimum absolute atomic E-state index is 0.184. The van der Waals surface area contributed by atoms with Crippen LogP contribution < -0.4 is 4.74 Å². The quantitative estimate of drug-likeness (QED) is 0.180. The van der Waals surface area contributed by atoms with E-state index in [0.29, 0.717) is 31.4 Å². The van der Waals surface area contributed by atoms with Gasteiger partial charge in [-0.3, -0.25) is 9.80 Å². The Morgan fingerprint density at radius 1 is 0.938 bits per heavy atom. The van der Waals surface area contributed by atoms with Gasteiger partial charge in [-0.25, -0.2) is 19.6 Å². The van der Waals surface area contributed by atoms with Crippen molar-refractivity contribution in [2.45, 2.75) is 71.8 Å². The number of carbonyl (C=O) groups excluding carboxylic acids is 1. The number of aromatic nitrogens is 4. The highest BCUT2D eigenvalue weighted by molar-refractivity contribution is 6.07. The standard InChI is InChI=1S/C37H40N6O5/c1-19-10-29(42(16-19)35(44)45)33-38-15-28(40-33)22-6-8-24-23(12-22)18-47-31-14-25-21(13-26(24)31)7-9-27-32(25)41-34(39-27)30-11-20(2)17-43(30)36(46)48-37(3,4)5/h6-9,12-15,19-20,29-30H,10-11,16-18H2,1-5H3,(H,38,40)(H,39,41)(H,44,45)/t19-,20-,29-,30-/m0/s1. The van der Waals surface area contributed by atoms with Crippen LogP contribution in [0.5, 0.6) is 5.75 Å².